The zero-order valence-corrected chi connectivity index (χ0v) is 11.7. The van der Waals surface area contributed by atoms with Crippen molar-refractivity contribution in [3.05, 3.63) is 52.8 Å². The Hall–Kier alpha value is -2.28. The van der Waals surface area contributed by atoms with Crippen LogP contribution in [0, 0.1) is 5.82 Å². The van der Waals surface area contributed by atoms with Gasteiger partial charge in [0, 0.05) is 10.2 Å². The largest absolute Gasteiger partial charge is 0.399 e. The van der Waals surface area contributed by atoms with Gasteiger partial charge in [0.15, 0.2) is 5.82 Å². The Balaban J connectivity index is 2.12. The Morgan fingerprint density at radius 1 is 1.10 bits per heavy atom. The third kappa shape index (κ3) is 2.27. The van der Waals surface area contributed by atoms with E-state index in [-0.39, 0.29) is 0 Å². The van der Waals surface area contributed by atoms with Crippen LogP contribution in [0.3, 0.4) is 0 Å². The molecule has 0 radical (unpaired) electrons. The Morgan fingerprint density at radius 2 is 1.85 bits per heavy atom. The van der Waals surface area contributed by atoms with Crippen molar-refractivity contribution in [1.82, 2.24) is 20.2 Å². The van der Waals surface area contributed by atoms with Gasteiger partial charge in [0.05, 0.1) is 11.3 Å². The maximum absolute atomic E-state index is 14.0. The minimum Gasteiger partial charge on any atom is -0.399 e. The summed E-state index contributed by atoms with van der Waals surface area (Å²) >= 11 is 3.36. The summed E-state index contributed by atoms with van der Waals surface area (Å²) in [4.78, 5) is 0. The van der Waals surface area contributed by atoms with E-state index in [9.17, 15) is 4.39 Å². The fourth-order valence-electron chi connectivity index (χ4n) is 1.82. The van der Waals surface area contributed by atoms with Crippen LogP contribution in [0.25, 0.3) is 17.1 Å². The number of nitrogens with zero attached hydrogens (tertiary/aromatic N) is 4. The van der Waals surface area contributed by atoms with E-state index < -0.39 is 5.82 Å². The second-order valence-electron chi connectivity index (χ2n) is 4.13. The first-order chi connectivity index (χ1) is 9.65. The molecule has 2 N–H and O–H groups in total. The summed E-state index contributed by atoms with van der Waals surface area (Å²) in [6.07, 6.45) is 0. The number of hydrogen-bond acceptors (Lipinski definition) is 4. The molecule has 0 amide bonds. The van der Waals surface area contributed by atoms with E-state index in [1.54, 1.807) is 12.1 Å². The lowest BCUT2D eigenvalue weighted by Gasteiger charge is -2.06. The summed E-state index contributed by atoms with van der Waals surface area (Å²) in [5.41, 5.74) is 6.94. The predicted octanol–water partition coefficient (Wildman–Crippen LogP) is 2.81. The Labute approximate surface area is 122 Å². The molecule has 0 fully saturated rings. The lowest BCUT2D eigenvalue weighted by Crippen LogP contribution is -2.01. The minimum atomic E-state index is -0.460. The molecule has 0 unspecified atom stereocenters. The molecule has 3 rings (SSSR count). The van der Waals surface area contributed by atoms with Gasteiger partial charge in [-0.1, -0.05) is 15.9 Å². The average Bonchev–Trinajstić information content (AvgIpc) is 2.88. The van der Waals surface area contributed by atoms with Crippen LogP contribution in [0.2, 0.25) is 0 Å². The van der Waals surface area contributed by atoms with Gasteiger partial charge < -0.3 is 5.73 Å². The molecular weight excluding hydrogens is 325 g/mol. The number of aromatic nitrogens is 4. The molecule has 100 valence electrons. The second kappa shape index (κ2) is 5.01. The van der Waals surface area contributed by atoms with Crippen molar-refractivity contribution in [3.63, 3.8) is 0 Å². The van der Waals surface area contributed by atoms with Gasteiger partial charge in [-0.3, -0.25) is 0 Å². The molecule has 0 aliphatic heterocycles. The van der Waals surface area contributed by atoms with Gasteiger partial charge in [-0.05, 0) is 52.9 Å². The fourth-order valence-corrected chi connectivity index (χ4v) is 2.09. The van der Waals surface area contributed by atoms with Gasteiger partial charge in [-0.15, -0.1) is 5.10 Å². The van der Waals surface area contributed by atoms with E-state index in [1.165, 1.54) is 10.7 Å². The molecule has 1 heterocycles. The van der Waals surface area contributed by atoms with E-state index >= 15 is 0 Å². The summed E-state index contributed by atoms with van der Waals surface area (Å²) in [7, 11) is 0. The summed E-state index contributed by atoms with van der Waals surface area (Å²) in [6, 6.07) is 11.8. The van der Waals surface area contributed by atoms with Gasteiger partial charge in [0.25, 0.3) is 0 Å². The molecule has 0 saturated heterocycles. The highest BCUT2D eigenvalue weighted by molar-refractivity contribution is 9.10. The maximum Gasteiger partial charge on any atom is 0.190 e. The van der Waals surface area contributed by atoms with Crippen LogP contribution in [-0.4, -0.2) is 20.2 Å². The van der Waals surface area contributed by atoms with Crippen LogP contribution < -0.4 is 5.73 Å². The summed E-state index contributed by atoms with van der Waals surface area (Å²) in [6.45, 7) is 0. The predicted molar refractivity (Wildman–Crippen MR) is 76.7 cm³/mol. The number of nitrogen functional groups attached to an aromatic ring is 1. The SMILES string of the molecule is Nc1ccc(-c2nnnn2-c2ccc(Br)cc2)c(F)c1. The fraction of sp³-hybridized carbons (Fsp3) is 0. The Morgan fingerprint density at radius 3 is 2.55 bits per heavy atom. The van der Waals surface area contributed by atoms with Crippen LogP contribution in [0.5, 0.6) is 0 Å². The van der Waals surface area contributed by atoms with E-state index in [2.05, 4.69) is 31.5 Å². The molecule has 0 aliphatic carbocycles. The monoisotopic (exact) mass is 333 g/mol. The number of tetrazole rings is 1. The van der Waals surface area contributed by atoms with Gasteiger partial charge >= 0.3 is 0 Å². The Bertz CT molecular complexity index is 754. The minimum absolute atomic E-state index is 0.298. The molecular formula is C13H9BrFN5. The van der Waals surface area contributed by atoms with Crippen molar-refractivity contribution in [3.8, 4) is 17.1 Å². The third-order valence-corrected chi connectivity index (χ3v) is 3.30. The highest BCUT2D eigenvalue weighted by Crippen LogP contribution is 2.24. The highest BCUT2D eigenvalue weighted by atomic mass is 79.9. The topological polar surface area (TPSA) is 69.6 Å². The number of rotatable bonds is 2. The van der Waals surface area contributed by atoms with Gasteiger partial charge in [-0.2, -0.15) is 4.68 Å². The van der Waals surface area contributed by atoms with E-state index in [4.69, 9.17) is 5.73 Å². The lowest BCUT2D eigenvalue weighted by molar-refractivity contribution is 0.629. The van der Waals surface area contributed by atoms with Crippen LogP contribution in [0.4, 0.5) is 10.1 Å². The smallest absolute Gasteiger partial charge is 0.190 e. The molecule has 20 heavy (non-hydrogen) atoms. The van der Waals surface area contributed by atoms with Crippen molar-refractivity contribution >= 4 is 21.6 Å². The average molecular weight is 334 g/mol. The molecule has 1 aromatic heterocycles. The molecule has 7 heteroatoms. The van der Waals surface area contributed by atoms with Crippen molar-refractivity contribution < 1.29 is 4.39 Å². The normalized spacial score (nSPS) is 10.7. The van der Waals surface area contributed by atoms with Crippen LogP contribution in [0.1, 0.15) is 0 Å². The number of hydrogen-bond donors (Lipinski definition) is 1. The van der Waals surface area contributed by atoms with Gasteiger partial charge in [0.1, 0.15) is 5.82 Å². The second-order valence-corrected chi connectivity index (χ2v) is 5.05. The standard InChI is InChI=1S/C13H9BrFN5/c14-8-1-4-10(5-2-8)20-13(17-18-19-20)11-6-3-9(16)7-12(11)15/h1-7H,16H2. The van der Waals surface area contributed by atoms with E-state index in [1.807, 2.05) is 24.3 Å². The summed E-state index contributed by atoms with van der Waals surface area (Å²) in [5.74, 6) is -0.136. The summed E-state index contributed by atoms with van der Waals surface area (Å²) < 4.78 is 16.4. The number of benzene rings is 2. The first-order valence-electron chi connectivity index (χ1n) is 5.75. The maximum atomic E-state index is 14.0. The first-order valence-corrected chi connectivity index (χ1v) is 6.54. The molecule has 0 spiro atoms. The molecule has 2 aromatic carbocycles. The summed E-state index contributed by atoms with van der Waals surface area (Å²) in [5, 5.41) is 11.4. The van der Waals surface area contributed by atoms with Crippen LogP contribution >= 0.6 is 15.9 Å². The van der Waals surface area contributed by atoms with Crippen molar-refractivity contribution in [2.45, 2.75) is 0 Å². The molecule has 0 aliphatic rings. The van der Waals surface area contributed by atoms with Crippen molar-refractivity contribution in [2.75, 3.05) is 5.73 Å². The highest BCUT2D eigenvalue weighted by Gasteiger charge is 2.14. The Kier molecular flexibility index (Phi) is 3.19. The van der Waals surface area contributed by atoms with Gasteiger partial charge in [0.2, 0.25) is 0 Å². The number of nitrogens with two attached hydrogens (primary N) is 1. The van der Waals surface area contributed by atoms with Crippen molar-refractivity contribution in [1.29, 1.82) is 0 Å². The number of halogens is 2. The van der Waals surface area contributed by atoms with Crippen LogP contribution in [-0.2, 0) is 0 Å². The lowest BCUT2D eigenvalue weighted by atomic mass is 10.2. The molecule has 3 aromatic rings. The molecule has 5 nitrogen and oxygen atoms in total. The van der Waals surface area contributed by atoms with E-state index in [0.29, 0.717) is 17.1 Å². The number of anilines is 1. The van der Waals surface area contributed by atoms with Crippen LogP contribution in [0.15, 0.2) is 46.9 Å². The van der Waals surface area contributed by atoms with Gasteiger partial charge in [-0.25, -0.2) is 4.39 Å². The quantitative estimate of drug-likeness (QED) is 0.732. The zero-order chi connectivity index (χ0) is 14.1. The van der Waals surface area contributed by atoms with Crippen molar-refractivity contribution in [2.24, 2.45) is 0 Å². The molecule has 0 saturated carbocycles. The van der Waals surface area contributed by atoms with E-state index in [0.717, 1.165) is 10.2 Å². The first kappa shape index (κ1) is 12.7. The zero-order valence-electron chi connectivity index (χ0n) is 10.2. The third-order valence-electron chi connectivity index (χ3n) is 2.77. The molecule has 0 atom stereocenters. The molecule has 0 bridgehead atoms.